The number of hydrogen-bond donors (Lipinski definition) is 0. The molecule has 2 saturated heterocycles. The van der Waals surface area contributed by atoms with Crippen molar-refractivity contribution >= 4 is 23.2 Å². The molecule has 0 saturated carbocycles. The number of rotatable bonds is 5. The molecule has 2 aromatic rings. The van der Waals surface area contributed by atoms with Crippen molar-refractivity contribution in [3.63, 3.8) is 0 Å². The van der Waals surface area contributed by atoms with Gasteiger partial charge in [0.05, 0.1) is 12.0 Å². The van der Waals surface area contributed by atoms with Crippen molar-refractivity contribution in [1.82, 2.24) is 9.80 Å². The van der Waals surface area contributed by atoms with Gasteiger partial charge in [0.25, 0.3) is 5.91 Å². The predicted molar refractivity (Wildman–Crippen MR) is 114 cm³/mol. The second kappa shape index (κ2) is 8.57. The van der Waals surface area contributed by atoms with E-state index in [2.05, 4.69) is 17.0 Å². The van der Waals surface area contributed by atoms with Gasteiger partial charge in [0.15, 0.2) is 0 Å². The van der Waals surface area contributed by atoms with Gasteiger partial charge in [-0.2, -0.15) is 0 Å². The van der Waals surface area contributed by atoms with Gasteiger partial charge in [-0.1, -0.05) is 12.1 Å². The summed E-state index contributed by atoms with van der Waals surface area (Å²) < 4.78 is 5.22. The van der Waals surface area contributed by atoms with Gasteiger partial charge in [0.1, 0.15) is 5.75 Å². The standard InChI is InChI=1S/C23H28N2O3S/c1-16-11-14-29-22(16)23(27)24-12-10-20-18(15-24)5-8-21(26)25(20)13-9-17-3-6-19(28-2)7-4-17/h3-4,6-7,11,14,18,20H,5,8-10,12-13,15H2,1-2H3/t18-,20+/m0/s1. The van der Waals surface area contributed by atoms with Crippen molar-refractivity contribution in [2.75, 3.05) is 26.7 Å². The number of piperidine rings is 2. The smallest absolute Gasteiger partial charge is 0.264 e. The third-order valence-corrected chi connectivity index (χ3v) is 7.29. The number of ether oxygens (including phenoxy) is 1. The molecule has 0 aliphatic carbocycles. The van der Waals surface area contributed by atoms with E-state index in [1.807, 2.05) is 35.4 Å². The average Bonchev–Trinajstić information content (AvgIpc) is 3.18. The van der Waals surface area contributed by atoms with Crippen LogP contribution in [0, 0.1) is 12.8 Å². The third-order valence-electron chi connectivity index (χ3n) is 6.29. The zero-order valence-corrected chi connectivity index (χ0v) is 17.9. The monoisotopic (exact) mass is 412 g/mol. The fraction of sp³-hybridized carbons (Fsp3) is 0.478. The molecule has 4 rings (SSSR count). The van der Waals surface area contributed by atoms with E-state index >= 15 is 0 Å². The van der Waals surface area contributed by atoms with E-state index in [0.717, 1.165) is 55.1 Å². The SMILES string of the molecule is COc1ccc(CCN2C(=O)CC[C@H]3CN(C(=O)c4sccc4C)CC[C@H]32)cc1. The van der Waals surface area contributed by atoms with Crippen LogP contribution in [0.2, 0.25) is 0 Å². The molecular formula is C23H28N2O3S. The van der Waals surface area contributed by atoms with Crippen LogP contribution in [0.4, 0.5) is 0 Å². The van der Waals surface area contributed by atoms with Crippen LogP contribution >= 0.6 is 11.3 Å². The third kappa shape index (κ3) is 4.17. The zero-order valence-electron chi connectivity index (χ0n) is 17.1. The maximum atomic E-state index is 12.9. The predicted octanol–water partition coefficient (Wildman–Crippen LogP) is 3.76. The first kappa shape index (κ1) is 20.0. The molecule has 0 N–H and O–H groups in total. The molecule has 6 heteroatoms. The Hall–Kier alpha value is -2.34. The molecule has 5 nitrogen and oxygen atoms in total. The normalized spacial score (nSPS) is 21.8. The number of aryl methyl sites for hydroxylation is 1. The summed E-state index contributed by atoms with van der Waals surface area (Å²) in [5.74, 6) is 1.63. The number of fused-ring (bicyclic) bond motifs is 1. The molecule has 1 aromatic carbocycles. The highest BCUT2D eigenvalue weighted by atomic mass is 32.1. The van der Waals surface area contributed by atoms with Crippen LogP contribution in [-0.2, 0) is 11.2 Å². The molecule has 29 heavy (non-hydrogen) atoms. The molecule has 0 radical (unpaired) electrons. The minimum absolute atomic E-state index is 0.151. The molecule has 2 aliphatic rings. The number of nitrogens with zero attached hydrogens (tertiary/aromatic N) is 2. The first-order valence-electron chi connectivity index (χ1n) is 10.3. The molecule has 3 heterocycles. The van der Waals surface area contributed by atoms with E-state index in [-0.39, 0.29) is 17.9 Å². The second-order valence-corrected chi connectivity index (χ2v) is 8.94. The molecule has 0 unspecified atom stereocenters. The topological polar surface area (TPSA) is 49.9 Å². The van der Waals surface area contributed by atoms with E-state index in [4.69, 9.17) is 4.74 Å². The molecule has 1 aromatic heterocycles. The van der Waals surface area contributed by atoms with Crippen LogP contribution in [-0.4, -0.2) is 54.4 Å². The average molecular weight is 413 g/mol. The van der Waals surface area contributed by atoms with Crippen LogP contribution in [0.3, 0.4) is 0 Å². The van der Waals surface area contributed by atoms with Crippen molar-refractivity contribution in [2.24, 2.45) is 5.92 Å². The number of methoxy groups -OCH3 is 1. The highest BCUT2D eigenvalue weighted by Gasteiger charge is 2.40. The lowest BCUT2D eigenvalue weighted by Crippen LogP contribution is -2.57. The molecule has 2 fully saturated rings. The molecule has 0 spiro atoms. The van der Waals surface area contributed by atoms with Gasteiger partial charge in [-0.15, -0.1) is 11.3 Å². The van der Waals surface area contributed by atoms with Crippen LogP contribution in [0.5, 0.6) is 5.75 Å². The van der Waals surface area contributed by atoms with E-state index in [9.17, 15) is 9.59 Å². The van der Waals surface area contributed by atoms with Crippen molar-refractivity contribution in [1.29, 1.82) is 0 Å². The van der Waals surface area contributed by atoms with E-state index in [0.29, 0.717) is 12.3 Å². The van der Waals surface area contributed by atoms with Crippen molar-refractivity contribution < 1.29 is 14.3 Å². The fourth-order valence-corrected chi connectivity index (χ4v) is 5.50. The van der Waals surface area contributed by atoms with Gasteiger partial charge in [0.2, 0.25) is 5.91 Å². The van der Waals surface area contributed by atoms with Gasteiger partial charge in [-0.05, 0) is 66.8 Å². The van der Waals surface area contributed by atoms with Gasteiger partial charge in [0, 0.05) is 32.1 Å². The second-order valence-electron chi connectivity index (χ2n) is 8.02. The Morgan fingerprint density at radius 1 is 1.21 bits per heavy atom. The van der Waals surface area contributed by atoms with Crippen molar-refractivity contribution in [3.05, 3.63) is 51.7 Å². The van der Waals surface area contributed by atoms with Crippen molar-refractivity contribution in [3.8, 4) is 5.75 Å². The van der Waals surface area contributed by atoms with Gasteiger partial charge >= 0.3 is 0 Å². The quantitative estimate of drug-likeness (QED) is 0.751. The summed E-state index contributed by atoms with van der Waals surface area (Å²) in [5.41, 5.74) is 2.27. The Balaban J connectivity index is 1.40. The number of carbonyl (C=O) groups excluding carboxylic acids is 2. The lowest BCUT2D eigenvalue weighted by atomic mass is 9.83. The summed E-state index contributed by atoms with van der Waals surface area (Å²) in [6.07, 6.45) is 3.19. The number of benzene rings is 1. The summed E-state index contributed by atoms with van der Waals surface area (Å²) in [4.78, 5) is 30.5. The van der Waals surface area contributed by atoms with Crippen LogP contribution in [0.15, 0.2) is 35.7 Å². The fourth-order valence-electron chi connectivity index (χ4n) is 4.60. The first-order valence-corrected chi connectivity index (χ1v) is 11.2. The lowest BCUT2D eigenvalue weighted by Gasteiger charge is -2.47. The number of carbonyl (C=O) groups is 2. The number of amides is 2. The maximum Gasteiger partial charge on any atom is 0.264 e. The molecule has 2 amide bonds. The largest absolute Gasteiger partial charge is 0.497 e. The van der Waals surface area contributed by atoms with Crippen molar-refractivity contribution in [2.45, 2.75) is 38.6 Å². The highest BCUT2D eigenvalue weighted by molar-refractivity contribution is 7.12. The Labute approximate surface area is 176 Å². The van der Waals surface area contributed by atoms with E-state index in [1.165, 1.54) is 16.9 Å². The van der Waals surface area contributed by atoms with Gasteiger partial charge < -0.3 is 14.5 Å². The van der Waals surface area contributed by atoms with E-state index < -0.39 is 0 Å². The summed E-state index contributed by atoms with van der Waals surface area (Å²) >= 11 is 1.53. The Kier molecular flexibility index (Phi) is 5.90. The molecule has 2 atom stereocenters. The number of hydrogen-bond acceptors (Lipinski definition) is 4. The molecule has 2 aliphatic heterocycles. The minimum Gasteiger partial charge on any atom is -0.497 e. The minimum atomic E-state index is 0.151. The molecular weight excluding hydrogens is 384 g/mol. The summed E-state index contributed by atoms with van der Waals surface area (Å²) in [5, 5.41) is 1.98. The maximum absolute atomic E-state index is 12.9. The summed E-state index contributed by atoms with van der Waals surface area (Å²) in [7, 11) is 1.67. The molecule has 154 valence electrons. The van der Waals surface area contributed by atoms with Gasteiger partial charge in [-0.25, -0.2) is 0 Å². The Morgan fingerprint density at radius 2 is 2.00 bits per heavy atom. The summed E-state index contributed by atoms with van der Waals surface area (Å²) in [6, 6.07) is 10.3. The number of likely N-dealkylation sites (tertiary alicyclic amines) is 2. The lowest BCUT2D eigenvalue weighted by molar-refractivity contribution is -0.140. The highest BCUT2D eigenvalue weighted by Crippen LogP contribution is 2.32. The van der Waals surface area contributed by atoms with Gasteiger partial charge in [-0.3, -0.25) is 9.59 Å². The van der Waals surface area contributed by atoms with Crippen LogP contribution in [0.25, 0.3) is 0 Å². The number of thiophene rings is 1. The van der Waals surface area contributed by atoms with E-state index in [1.54, 1.807) is 7.11 Å². The molecule has 0 bridgehead atoms. The summed E-state index contributed by atoms with van der Waals surface area (Å²) in [6.45, 7) is 4.22. The Bertz CT molecular complexity index is 877. The first-order chi connectivity index (χ1) is 14.1. The van der Waals surface area contributed by atoms with Crippen LogP contribution < -0.4 is 4.74 Å². The zero-order chi connectivity index (χ0) is 20.4. The Morgan fingerprint density at radius 3 is 2.69 bits per heavy atom. The van der Waals surface area contributed by atoms with Crippen LogP contribution in [0.1, 0.15) is 40.1 Å².